The van der Waals surface area contributed by atoms with Crippen LogP contribution in [0.5, 0.6) is 5.75 Å². The maximum Gasteiger partial charge on any atom is 0.338 e. The van der Waals surface area contributed by atoms with Crippen LogP contribution in [0.25, 0.3) is 17.4 Å². The number of nitrogens with zero attached hydrogens (tertiary/aromatic N) is 1. The molecular weight excluding hydrogens is 454 g/mol. The molecule has 0 spiro atoms. The zero-order chi connectivity index (χ0) is 24.9. The standard InChI is InChI=1S/C25H21N3O7/c1-33-21-10-6-5-9-18(21)26-22(29)14-28-23(30)19(27-25(28)32)13-15-11-12-20(35-15)16-7-3-4-8-17(16)24(31)34-2/h3-13H,14H2,1-2H3,(H,26,29)(H,27,32)/b19-13+. The molecule has 1 aliphatic heterocycles. The normalized spacial score (nSPS) is 14.1. The van der Waals surface area contributed by atoms with Gasteiger partial charge in [-0.2, -0.15) is 0 Å². The average Bonchev–Trinajstić information content (AvgIpc) is 3.44. The largest absolute Gasteiger partial charge is 0.495 e. The van der Waals surface area contributed by atoms with Crippen molar-refractivity contribution in [3.63, 3.8) is 0 Å². The molecule has 0 saturated carbocycles. The number of hydrogen-bond donors (Lipinski definition) is 2. The third-order valence-electron chi connectivity index (χ3n) is 5.16. The first-order chi connectivity index (χ1) is 16.9. The highest BCUT2D eigenvalue weighted by Gasteiger charge is 2.35. The molecule has 1 fully saturated rings. The van der Waals surface area contributed by atoms with Gasteiger partial charge in [-0.3, -0.25) is 9.59 Å². The molecule has 10 nitrogen and oxygen atoms in total. The Morgan fingerprint density at radius 2 is 1.77 bits per heavy atom. The molecule has 0 atom stereocenters. The summed E-state index contributed by atoms with van der Waals surface area (Å²) in [6, 6.07) is 16.0. The van der Waals surface area contributed by atoms with Crippen molar-refractivity contribution in [2.75, 3.05) is 26.1 Å². The summed E-state index contributed by atoms with van der Waals surface area (Å²) in [5.41, 5.74) is 1.20. The number of para-hydroxylation sites is 2. The highest BCUT2D eigenvalue weighted by molar-refractivity contribution is 6.15. The molecule has 1 aromatic heterocycles. The van der Waals surface area contributed by atoms with E-state index in [1.165, 1.54) is 20.3 Å². The first kappa shape index (κ1) is 23.3. The van der Waals surface area contributed by atoms with Gasteiger partial charge in [0.25, 0.3) is 5.91 Å². The lowest BCUT2D eigenvalue weighted by Crippen LogP contribution is -2.38. The Morgan fingerprint density at radius 1 is 1.03 bits per heavy atom. The highest BCUT2D eigenvalue weighted by Crippen LogP contribution is 2.28. The van der Waals surface area contributed by atoms with Crippen molar-refractivity contribution in [2.24, 2.45) is 0 Å². The number of carbonyl (C=O) groups excluding carboxylic acids is 4. The van der Waals surface area contributed by atoms with Crippen LogP contribution in [-0.4, -0.2) is 49.5 Å². The number of furan rings is 1. The van der Waals surface area contributed by atoms with Gasteiger partial charge < -0.3 is 24.5 Å². The minimum absolute atomic E-state index is 0.0535. The Morgan fingerprint density at radius 3 is 2.54 bits per heavy atom. The number of methoxy groups -OCH3 is 2. The number of benzene rings is 2. The number of esters is 1. The Hall–Kier alpha value is -4.86. The maximum absolute atomic E-state index is 12.8. The summed E-state index contributed by atoms with van der Waals surface area (Å²) >= 11 is 0. The molecule has 0 radical (unpaired) electrons. The fourth-order valence-electron chi connectivity index (χ4n) is 3.50. The quantitative estimate of drug-likeness (QED) is 0.305. The molecule has 0 unspecified atom stereocenters. The van der Waals surface area contributed by atoms with E-state index in [9.17, 15) is 19.2 Å². The SMILES string of the molecule is COC(=O)c1ccccc1-c1ccc(/C=C2/NC(=O)N(CC(=O)Nc3ccccc3OC)C2=O)o1. The molecule has 1 saturated heterocycles. The van der Waals surface area contributed by atoms with Gasteiger partial charge in [-0.15, -0.1) is 0 Å². The van der Waals surface area contributed by atoms with Crippen molar-refractivity contribution < 1.29 is 33.1 Å². The van der Waals surface area contributed by atoms with Gasteiger partial charge in [-0.25, -0.2) is 14.5 Å². The second-order valence-corrected chi connectivity index (χ2v) is 7.37. The van der Waals surface area contributed by atoms with Crippen molar-refractivity contribution in [1.29, 1.82) is 0 Å². The van der Waals surface area contributed by atoms with Gasteiger partial charge in [-0.1, -0.05) is 30.3 Å². The van der Waals surface area contributed by atoms with E-state index < -0.39 is 30.4 Å². The van der Waals surface area contributed by atoms with Gasteiger partial charge in [0.15, 0.2) is 0 Å². The molecule has 2 aromatic carbocycles. The van der Waals surface area contributed by atoms with E-state index in [0.29, 0.717) is 28.3 Å². The molecule has 2 N–H and O–H groups in total. The second-order valence-electron chi connectivity index (χ2n) is 7.37. The van der Waals surface area contributed by atoms with Crippen LogP contribution >= 0.6 is 0 Å². The van der Waals surface area contributed by atoms with Gasteiger partial charge in [-0.05, 0) is 30.3 Å². The number of ether oxygens (including phenoxy) is 2. The van der Waals surface area contributed by atoms with Crippen LogP contribution in [0.15, 0.2) is 70.8 Å². The molecule has 3 aromatic rings. The molecule has 4 amide bonds. The lowest BCUT2D eigenvalue weighted by Gasteiger charge is -2.13. The van der Waals surface area contributed by atoms with Gasteiger partial charge in [0.05, 0.1) is 25.5 Å². The smallest absolute Gasteiger partial charge is 0.338 e. The predicted molar refractivity (Wildman–Crippen MR) is 125 cm³/mol. The lowest BCUT2D eigenvalue weighted by molar-refractivity contribution is -0.127. The third kappa shape index (κ3) is 4.91. The summed E-state index contributed by atoms with van der Waals surface area (Å²) in [4.78, 5) is 50.4. The number of anilines is 1. The van der Waals surface area contributed by atoms with Crippen LogP contribution < -0.4 is 15.4 Å². The van der Waals surface area contributed by atoms with Crippen LogP contribution in [0.4, 0.5) is 10.5 Å². The summed E-state index contributed by atoms with van der Waals surface area (Å²) in [6.45, 7) is -0.490. The lowest BCUT2D eigenvalue weighted by atomic mass is 10.1. The number of imide groups is 1. The zero-order valence-electron chi connectivity index (χ0n) is 18.9. The van der Waals surface area contributed by atoms with Crippen LogP contribution in [0.2, 0.25) is 0 Å². The molecular formula is C25H21N3O7. The number of amides is 4. The Bertz CT molecular complexity index is 1340. The predicted octanol–water partition coefficient (Wildman–Crippen LogP) is 3.27. The molecule has 4 rings (SSSR count). The summed E-state index contributed by atoms with van der Waals surface area (Å²) < 4.78 is 15.8. The zero-order valence-corrected chi connectivity index (χ0v) is 18.9. The Balaban J connectivity index is 1.49. The summed E-state index contributed by atoms with van der Waals surface area (Å²) in [5.74, 6) is -0.679. The first-order valence-electron chi connectivity index (χ1n) is 10.5. The van der Waals surface area contributed by atoms with E-state index in [-0.39, 0.29) is 11.5 Å². The second kappa shape index (κ2) is 9.96. The average molecular weight is 475 g/mol. The molecule has 10 heteroatoms. The number of nitrogens with one attached hydrogen (secondary N) is 2. The summed E-state index contributed by atoms with van der Waals surface area (Å²) in [5, 5.41) is 5.06. The Labute approximate surface area is 200 Å². The molecule has 0 bridgehead atoms. The summed E-state index contributed by atoms with van der Waals surface area (Å²) in [7, 11) is 2.75. The van der Waals surface area contributed by atoms with E-state index in [0.717, 1.165) is 4.90 Å². The molecule has 1 aliphatic rings. The van der Waals surface area contributed by atoms with Gasteiger partial charge in [0.2, 0.25) is 5.91 Å². The fraction of sp³-hybridized carbons (Fsp3) is 0.120. The minimum Gasteiger partial charge on any atom is -0.495 e. The maximum atomic E-state index is 12.8. The van der Waals surface area contributed by atoms with E-state index >= 15 is 0 Å². The van der Waals surface area contributed by atoms with E-state index in [4.69, 9.17) is 13.9 Å². The van der Waals surface area contributed by atoms with Crippen molar-refractivity contribution in [2.45, 2.75) is 0 Å². The highest BCUT2D eigenvalue weighted by atomic mass is 16.5. The van der Waals surface area contributed by atoms with Crippen molar-refractivity contribution in [1.82, 2.24) is 10.2 Å². The fourth-order valence-corrected chi connectivity index (χ4v) is 3.50. The molecule has 35 heavy (non-hydrogen) atoms. The number of urea groups is 1. The summed E-state index contributed by atoms with van der Waals surface area (Å²) in [6.07, 6.45) is 1.35. The van der Waals surface area contributed by atoms with Crippen molar-refractivity contribution >= 4 is 35.6 Å². The first-order valence-corrected chi connectivity index (χ1v) is 10.5. The van der Waals surface area contributed by atoms with Gasteiger partial charge >= 0.3 is 12.0 Å². The van der Waals surface area contributed by atoms with Crippen molar-refractivity contribution in [3.8, 4) is 17.1 Å². The van der Waals surface area contributed by atoms with Crippen molar-refractivity contribution in [3.05, 3.63) is 77.7 Å². The molecule has 178 valence electrons. The van der Waals surface area contributed by atoms with E-state index in [1.54, 1.807) is 60.7 Å². The Kier molecular flexibility index (Phi) is 6.63. The number of hydrogen-bond acceptors (Lipinski definition) is 7. The van der Waals surface area contributed by atoms with Gasteiger partial charge in [0, 0.05) is 11.6 Å². The van der Waals surface area contributed by atoms with Crippen LogP contribution in [0.1, 0.15) is 16.1 Å². The number of carbonyl (C=O) groups is 4. The van der Waals surface area contributed by atoms with Gasteiger partial charge in [0.1, 0.15) is 29.5 Å². The van der Waals surface area contributed by atoms with E-state index in [1.807, 2.05) is 0 Å². The molecule has 0 aliphatic carbocycles. The van der Waals surface area contributed by atoms with Crippen LogP contribution in [-0.2, 0) is 14.3 Å². The van der Waals surface area contributed by atoms with Crippen LogP contribution in [0, 0.1) is 0 Å². The minimum atomic E-state index is -0.737. The third-order valence-corrected chi connectivity index (χ3v) is 5.16. The topological polar surface area (TPSA) is 127 Å². The monoisotopic (exact) mass is 475 g/mol. The number of rotatable bonds is 7. The van der Waals surface area contributed by atoms with Crippen LogP contribution in [0.3, 0.4) is 0 Å². The van der Waals surface area contributed by atoms with E-state index in [2.05, 4.69) is 10.6 Å². The molecule has 2 heterocycles.